The summed E-state index contributed by atoms with van der Waals surface area (Å²) in [6, 6.07) is 10.9. The molecule has 0 saturated carbocycles. The van der Waals surface area contributed by atoms with Crippen molar-refractivity contribution in [2.45, 2.75) is 30.2 Å². The van der Waals surface area contributed by atoms with Gasteiger partial charge in [0, 0.05) is 6.54 Å². The number of benzene rings is 2. The summed E-state index contributed by atoms with van der Waals surface area (Å²) in [6.45, 7) is 3.61. The van der Waals surface area contributed by atoms with Crippen molar-refractivity contribution in [3.05, 3.63) is 59.2 Å². The van der Waals surface area contributed by atoms with Crippen LogP contribution in [0.3, 0.4) is 0 Å². The molecule has 8 heteroatoms. The molecule has 0 bridgehead atoms. The van der Waals surface area contributed by atoms with Crippen LogP contribution < -0.4 is 9.86 Å². The van der Waals surface area contributed by atoms with Crippen LogP contribution >= 0.6 is 0 Å². The maximum atomic E-state index is 12.4. The Morgan fingerprint density at radius 2 is 1.57 bits per heavy atom. The standard InChI is InChI=1S/C15H18N2O4S2/c1-11-3-4-12(2)15(9-11)23(20,21)17-10-13-5-7-14(8-6-13)22(16,18)19/h3-9,17H,10H2,1-2H3,(H2,16,18,19). The average Bonchev–Trinajstić information content (AvgIpc) is 2.47. The maximum Gasteiger partial charge on any atom is 0.241 e. The van der Waals surface area contributed by atoms with Gasteiger partial charge in [0.05, 0.1) is 9.79 Å². The second kappa shape index (κ2) is 6.40. The number of nitrogens with two attached hydrogens (primary N) is 1. The summed E-state index contributed by atoms with van der Waals surface area (Å²) in [5.74, 6) is 0. The normalized spacial score (nSPS) is 12.3. The van der Waals surface area contributed by atoms with E-state index in [-0.39, 0.29) is 16.3 Å². The topological polar surface area (TPSA) is 106 Å². The largest absolute Gasteiger partial charge is 0.241 e. The number of aryl methyl sites for hydroxylation is 2. The molecule has 0 unspecified atom stereocenters. The fourth-order valence-electron chi connectivity index (χ4n) is 2.05. The van der Waals surface area contributed by atoms with Gasteiger partial charge in [-0.25, -0.2) is 26.7 Å². The van der Waals surface area contributed by atoms with Gasteiger partial charge in [-0.1, -0.05) is 24.3 Å². The predicted molar refractivity (Wildman–Crippen MR) is 87.8 cm³/mol. The van der Waals surface area contributed by atoms with Crippen molar-refractivity contribution >= 4 is 20.0 Å². The summed E-state index contributed by atoms with van der Waals surface area (Å²) in [7, 11) is -7.40. The van der Waals surface area contributed by atoms with Crippen LogP contribution in [-0.4, -0.2) is 16.8 Å². The molecule has 0 saturated heterocycles. The van der Waals surface area contributed by atoms with Gasteiger partial charge in [-0.2, -0.15) is 0 Å². The van der Waals surface area contributed by atoms with Gasteiger partial charge in [-0.3, -0.25) is 0 Å². The van der Waals surface area contributed by atoms with Crippen LogP contribution in [-0.2, 0) is 26.6 Å². The molecule has 2 rings (SSSR count). The molecule has 0 radical (unpaired) electrons. The van der Waals surface area contributed by atoms with Crippen molar-refractivity contribution in [3.63, 3.8) is 0 Å². The zero-order valence-electron chi connectivity index (χ0n) is 12.8. The van der Waals surface area contributed by atoms with E-state index in [9.17, 15) is 16.8 Å². The number of hydrogen-bond acceptors (Lipinski definition) is 4. The molecule has 0 aromatic heterocycles. The quantitative estimate of drug-likeness (QED) is 0.847. The van der Waals surface area contributed by atoms with Gasteiger partial charge in [-0.05, 0) is 48.7 Å². The molecule has 0 aliphatic rings. The maximum absolute atomic E-state index is 12.4. The molecule has 2 aromatic carbocycles. The third kappa shape index (κ3) is 4.38. The van der Waals surface area contributed by atoms with Crippen molar-refractivity contribution in [1.29, 1.82) is 0 Å². The Balaban J connectivity index is 2.18. The molecule has 124 valence electrons. The van der Waals surface area contributed by atoms with Crippen LogP contribution in [0.5, 0.6) is 0 Å². The van der Waals surface area contributed by atoms with Crippen LogP contribution in [0.1, 0.15) is 16.7 Å². The van der Waals surface area contributed by atoms with Crippen LogP contribution in [0.2, 0.25) is 0 Å². The number of primary sulfonamides is 1. The fraction of sp³-hybridized carbons (Fsp3) is 0.200. The van der Waals surface area contributed by atoms with Crippen molar-refractivity contribution < 1.29 is 16.8 Å². The summed E-state index contributed by atoms with van der Waals surface area (Å²) < 4.78 is 49.6. The Morgan fingerprint density at radius 3 is 2.13 bits per heavy atom. The molecule has 0 spiro atoms. The van der Waals surface area contributed by atoms with Gasteiger partial charge in [0.1, 0.15) is 0 Å². The summed E-state index contributed by atoms with van der Waals surface area (Å²) >= 11 is 0. The highest BCUT2D eigenvalue weighted by Crippen LogP contribution is 2.17. The number of rotatable bonds is 5. The predicted octanol–water partition coefficient (Wildman–Crippen LogP) is 1.43. The molecular formula is C15H18N2O4S2. The van der Waals surface area contributed by atoms with E-state index in [0.29, 0.717) is 11.1 Å². The Hall–Kier alpha value is -1.74. The second-order valence-corrected chi connectivity index (χ2v) is 8.58. The van der Waals surface area contributed by atoms with Crippen LogP contribution in [0.15, 0.2) is 52.3 Å². The Morgan fingerprint density at radius 1 is 0.957 bits per heavy atom. The molecule has 0 aliphatic heterocycles. The minimum absolute atomic E-state index is 0.0152. The van der Waals surface area contributed by atoms with E-state index in [1.165, 1.54) is 24.3 Å². The zero-order valence-corrected chi connectivity index (χ0v) is 14.4. The lowest BCUT2D eigenvalue weighted by Crippen LogP contribution is -2.24. The van der Waals surface area contributed by atoms with Gasteiger partial charge < -0.3 is 0 Å². The minimum atomic E-state index is -3.75. The van der Waals surface area contributed by atoms with E-state index >= 15 is 0 Å². The Bertz CT molecular complexity index is 918. The van der Waals surface area contributed by atoms with E-state index in [0.717, 1.165) is 5.56 Å². The van der Waals surface area contributed by atoms with E-state index < -0.39 is 20.0 Å². The van der Waals surface area contributed by atoms with Gasteiger partial charge in [0.25, 0.3) is 0 Å². The first-order valence-electron chi connectivity index (χ1n) is 6.78. The smallest absolute Gasteiger partial charge is 0.225 e. The lowest BCUT2D eigenvalue weighted by Gasteiger charge is -2.10. The van der Waals surface area contributed by atoms with Gasteiger partial charge >= 0.3 is 0 Å². The summed E-state index contributed by atoms with van der Waals surface area (Å²) in [4.78, 5) is 0.220. The highest BCUT2D eigenvalue weighted by Gasteiger charge is 2.16. The first-order chi connectivity index (χ1) is 10.6. The molecule has 0 aliphatic carbocycles. The van der Waals surface area contributed by atoms with Gasteiger partial charge in [0.2, 0.25) is 20.0 Å². The van der Waals surface area contributed by atoms with Gasteiger partial charge in [0.15, 0.2) is 0 Å². The molecule has 0 atom stereocenters. The van der Waals surface area contributed by atoms with Crippen molar-refractivity contribution in [2.24, 2.45) is 5.14 Å². The SMILES string of the molecule is Cc1ccc(C)c(S(=O)(=O)NCc2ccc(S(N)(=O)=O)cc2)c1. The molecule has 6 nitrogen and oxygen atoms in total. The van der Waals surface area contributed by atoms with Crippen LogP contribution in [0.4, 0.5) is 0 Å². The molecule has 0 amide bonds. The van der Waals surface area contributed by atoms with E-state index in [1.54, 1.807) is 19.1 Å². The lowest BCUT2D eigenvalue weighted by molar-refractivity contribution is 0.580. The third-order valence-electron chi connectivity index (χ3n) is 3.35. The molecule has 23 heavy (non-hydrogen) atoms. The van der Waals surface area contributed by atoms with Gasteiger partial charge in [-0.15, -0.1) is 0 Å². The molecule has 3 N–H and O–H groups in total. The highest BCUT2D eigenvalue weighted by atomic mass is 32.2. The molecule has 0 heterocycles. The van der Waals surface area contributed by atoms with Crippen molar-refractivity contribution in [2.75, 3.05) is 0 Å². The zero-order chi connectivity index (χ0) is 17.3. The summed E-state index contributed by atoms with van der Waals surface area (Å²) in [5.41, 5.74) is 2.15. The van der Waals surface area contributed by atoms with E-state index in [1.807, 2.05) is 13.0 Å². The third-order valence-corrected chi connectivity index (χ3v) is 5.82. The molecule has 2 aromatic rings. The molecule has 0 fully saturated rings. The fourth-order valence-corrected chi connectivity index (χ4v) is 3.91. The second-order valence-electron chi connectivity index (χ2n) is 5.28. The number of sulfonamides is 2. The summed E-state index contributed by atoms with van der Waals surface area (Å²) in [6.07, 6.45) is 0. The highest BCUT2D eigenvalue weighted by molar-refractivity contribution is 7.89. The number of hydrogen-bond donors (Lipinski definition) is 2. The van der Waals surface area contributed by atoms with Crippen molar-refractivity contribution in [1.82, 2.24) is 4.72 Å². The minimum Gasteiger partial charge on any atom is -0.225 e. The Kier molecular flexibility index (Phi) is 4.90. The average molecular weight is 354 g/mol. The summed E-state index contributed by atoms with van der Waals surface area (Å²) in [5, 5.41) is 5.02. The van der Waals surface area contributed by atoms with Crippen molar-refractivity contribution in [3.8, 4) is 0 Å². The molecular weight excluding hydrogens is 336 g/mol. The lowest BCUT2D eigenvalue weighted by atomic mass is 10.2. The number of nitrogens with one attached hydrogen (secondary N) is 1. The van der Waals surface area contributed by atoms with Crippen LogP contribution in [0.25, 0.3) is 0 Å². The monoisotopic (exact) mass is 354 g/mol. The van der Waals surface area contributed by atoms with Crippen LogP contribution in [0, 0.1) is 13.8 Å². The first-order valence-corrected chi connectivity index (χ1v) is 9.81. The Labute approximate surface area is 136 Å². The van der Waals surface area contributed by atoms with E-state index in [2.05, 4.69) is 4.72 Å². The van der Waals surface area contributed by atoms with E-state index in [4.69, 9.17) is 5.14 Å². The first kappa shape index (κ1) is 17.6.